The average molecular weight is 301 g/mol. The van der Waals surface area contributed by atoms with Crippen LogP contribution in [0.5, 0.6) is 0 Å². The summed E-state index contributed by atoms with van der Waals surface area (Å²) in [5.74, 6) is 2.86. The smallest absolute Gasteiger partial charge is 0.340 e. The number of halogens is 4. The fourth-order valence-corrected chi connectivity index (χ4v) is 1.53. The number of hydrogen-bond donors (Lipinski definition) is 3. The zero-order valence-corrected chi connectivity index (χ0v) is 10.8. The number of hydrogen-bond acceptors (Lipinski definition) is 5. The van der Waals surface area contributed by atoms with E-state index in [9.17, 15) is 17.6 Å². The highest BCUT2D eigenvalue weighted by Gasteiger charge is 2.35. The quantitative estimate of drug-likeness (QED) is 0.461. The van der Waals surface area contributed by atoms with Gasteiger partial charge in [-0.05, 0) is 24.6 Å². The van der Waals surface area contributed by atoms with Gasteiger partial charge in [0.1, 0.15) is 17.5 Å². The van der Waals surface area contributed by atoms with Crippen LogP contribution in [0.1, 0.15) is 11.4 Å². The van der Waals surface area contributed by atoms with Crippen LogP contribution in [0.25, 0.3) is 0 Å². The Morgan fingerprint density at radius 1 is 1.10 bits per heavy atom. The molecule has 0 unspecified atom stereocenters. The zero-order valence-electron chi connectivity index (χ0n) is 10.8. The Hall–Kier alpha value is -2.42. The van der Waals surface area contributed by atoms with Gasteiger partial charge in [-0.15, -0.1) is 0 Å². The maximum absolute atomic E-state index is 13.4. The van der Waals surface area contributed by atoms with Crippen molar-refractivity contribution >= 4 is 17.3 Å². The first kappa shape index (κ1) is 15.0. The molecular weight excluding hydrogens is 290 g/mol. The van der Waals surface area contributed by atoms with Gasteiger partial charge in [-0.2, -0.15) is 13.2 Å². The Kier molecular flexibility index (Phi) is 3.94. The number of nitrogen functional groups attached to an aromatic ring is 1. The van der Waals surface area contributed by atoms with Crippen molar-refractivity contribution < 1.29 is 17.6 Å². The molecule has 1 heterocycles. The molecule has 0 bridgehead atoms. The first-order valence-electron chi connectivity index (χ1n) is 5.75. The lowest BCUT2D eigenvalue weighted by molar-refractivity contribution is -0.144. The Labute approximate surface area is 117 Å². The van der Waals surface area contributed by atoms with Crippen molar-refractivity contribution in [2.75, 3.05) is 10.7 Å². The van der Waals surface area contributed by atoms with Crippen LogP contribution in [-0.2, 0) is 6.18 Å². The first-order valence-corrected chi connectivity index (χ1v) is 5.75. The van der Waals surface area contributed by atoms with Crippen LogP contribution in [0.4, 0.5) is 34.9 Å². The molecule has 2 rings (SSSR count). The van der Waals surface area contributed by atoms with E-state index >= 15 is 0 Å². The number of alkyl halides is 3. The first-order chi connectivity index (χ1) is 9.79. The van der Waals surface area contributed by atoms with E-state index in [2.05, 4.69) is 15.3 Å². The van der Waals surface area contributed by atoms with Gasteiger partial charge < -0.3 is 10.7 Å². The van der Waals surface area contributed by atoms with E-state index in [0.29, 0.717) is 5.56 Å². The van der Waals surface area contributed by atoms with Gasteiger partial charge in [0.15, 0.2) is 0 Å². The molecule has 0 saturated heterocycles. The van der Waals surface area contributed by atoms with Crippen molar-refractivity contribution in [2.45, 2.75) is 13.1 Å². The third-order valence-corrected chi connectivity index (χ3v) is 2.57. The van der Waals surface area contributed by atoms with Gasteiger partial charge in [0.2, 0.25) is 5.82 Å². The van der Waals surface area contributed by atoms with E-state index in [1.54, 1.807) is 6.92 Å². The fraction of sp³-hybridized carbons (Fsp3) is 0.167. The zero-order chi connectivity index (χ0) is 15.6. The van der Waals surface area contributed by atoms with Crippen molar-refractivity contribution in [3.63, 3.8) is 0 Å². The summed E-state index contributed by atoms with van der Waals surface area (Å²) < 4.78 is 51.4. The largest absolute Gasteiger partial charge is 0.451 e. The average Bonchev–Trinajstić information content (AvgIpc) is 2.41. The third-order valence-electron chi connectivity index (χ3n) is 2.57. The van der Waals surface area contributed by atoms with Gasteiger partial charge in [-0.3, -0.25) is 0 Å². The van der Waals surface area contributed by atoms with Crippen molar-refractivity contribution in [1.29, 1.82) is 0 Å². The van der Waals surface area contributed by atoms with E-state index in [0.717, 1.165) is 6.07 Å². The second-order valence-corrected chi connectivity index (χ2v) is 4.19. The molecule has 5 nitrogen and oxygen atoms in total. The number of benzene rings is 1. The van der Waals surface area contributed by atoms with Crippen LogP contribution in [0, 0.1) is 12.7 Å². The molecule has 112 valence electrons. The van der Waals surface area contributed by atoms with Crippen molar-refractivity contribution in [1.82, 2.24) is 9.97 Å². The second-order valence-electron chi connectivity index (χ2n) is 4.19. The number of aryl methyl sites for hydroxylation is 1. The van der Waals surface area contributed by atoms with Crippen molar-refractivity contribution in [3.05, 3.63) is 41.5 Å². The Balaban J connectivity index is 2.36. The van der Waals surface area contributed by atoms with Crippen LogP contribution in [0.15, 0.2) is 24.3 Å². The lowest BCUT2D eigenvalue weighted by Crippen LogP contribution is -2.16. The highest BCUT2D eigenvalue weighted by atomic mass is 19.4. The SMILES string of the molecule is Cc1ccc(Nc2cc(NN)nc(C(F)(F)F)n2)cc1F. The van der Waals surface area contributed by atoms with E-state index in [4.69, 9.17) is 5.84 Å². The van der Waals surface area contributed by atoms with Gasteiger partial charge in [0.25, 0.3) is 0 Å². The molecule has 9 heteroatoms. The summed E-state index contributed by atoms with van der Waals surface area (Å²) in [6.07, 6.45) is -4.72. The summed E-state index contributed by atoms with van der Waals surface area (Å²) in [5.41, 5.74) is 2.70. The number of nitrogens with one attached hydrogen (secondary N) is 2. The van der Waals surface area contributed by atoms with Crippen molar-refractivity contribution in [2.24, 2.45) is 5.84 Å². The second kappa shape index (κ2) is 5.52. The molecule has 1 aromatic heterocycles. The van der Waals surface area contributed by atoms with E-state index in [1.807, 2.05) is 5.43 Å². The maximum Gasteiger partial charge on any atom is 0.451 e. The topological polar surface area (TPSA) is 75.9 Å². The third kappa shape index (κ3) is 3.57. The minimum Gasteiger partial charge on any atom is -0.340 e. The summed E-state index contributed by atoms with van der Waals surface area (Å²) in [6, 6.07) is 5.34. The molecule has 0 aliphatic rings. The predicted octanol–water partition coefficient (Wildman–Crippen LogP) is 2.97. The monoisotopic (exact) mass is 301 g/mol. The van der Waals surface area contributed by atoms with E-state index in [-0.39, 0.29) is 17.3 Å². The molecule has 0 atom stereocenters. The number of nitrogens with two attached hydrogens (primary N) is 1. The van der Waals surface area contributed by atoms with Gasteiger partial charge in [-0.25, -0.2) is 20.2 Å². The van der Waals surface area contributed by atoms with E-state index < -0.39 is 17.8 Å². The molecule has 0 amide bonds. The maximum atomic E-state index is 13.4. The van der Waals surface area contributed by atoms with Gasteiger partial charge >= 0.3 is 6.18 Å². The molecule has 0 aliphatic carbocycles. The Morgan fingerprint density at radius 3 is 2.33 bits per heavy atom. The fourth-order valence-electron chi connectivity index (χ4n) is 1.53. The molecule has 0 aliphatic heterocycles. The number of nitrogens with zero attached hydrogens (tertiary/aromatic N) is 2. The normalized spacial score (nSPS) is 11.3. The molecule has 2 aromatic rings. The highest BCUT2D eigenvalue weighted by Crippen LogP contribution is 2.29. The van der Waals surface area contributed by atoms with Gasteiger partial charge in [0.05, 0.1) is 0 Å². The number of hydrazine groups is 1. The molecule has 0 fully saturated rings. The lowest BCUT2D eigenvalue weighted by Gasteiger charge is -2.11. The summed E-state index contributed by atoms with van der Waals surface area (Å²) in [5, 5.41) is 2.57. The molecule has 0 saturated carbocycles. The lowest BCUT2D eigenvalue weighted by atomic mass is 10.2. The minimum atomic E-state index is -4.72. The summed E-state index contributed by atoms with van der Waals surface area (Å²) in [4.78, 5) is 6.54. The van der Waals surface area contributed by atoms with Crippen molar-refractivity contribution in [3.8, 4) is 0 Å². The van der Waals surface area contributed by atoms with Crippen LogP contribution >= 0.6 is 0 Å². The summed E-state index contributed by atoms with van der Waals surface area (Å²) in [7, 11) is 0. The van der Waals surface area contributed by atoms with Gasteiger partial charge in [-0.1, -0.05) is 6.07 Å². The van der Waals surface area contributed by atoms with Crippen LogP contribution in [-0.4, -0.2) is 9.97 Å². The summed E-state index contributed by atoms with van der Waals surface area (Å²) >= 11 is 0. The Bertz CT molecular complexity index is 657. The molecule has 21 heavy (non-hydrogen) atoms. The minimum absolute atomic E-state index is 0.159. The van der Waals surface area contributed by atoms with Crippen LogP contribution in [0.3, 0.4) is 0 Å². The number of rotatable bonds is 3. The van der Waals surface area contributed by atoms with Crippen LogP contribution < -0.4 is 16.6 Å². The molecule has 0 radical (unpaired) electrons. The molecule has 1 aromatic carbocycles. The number of anilines is 3. The van der Waals surface area contributed by atoms with Gasteiger partial charge in [0, 0.05) is 11.8 Å². The molecular formula is C12H11F4N5. The predicted molar refractivity (Wildman–Crippen MR) is 69.3 cm³/mol. The summed E-state index contributed by atoms with van der Waals surface area (Å²) in [6.45, 7) is 1.57. The Morgan fingerprint density at radius 2 is 1.76 bits per heavy atom. The number of aromatic nitrogens is 2. The molecule has 0 spiro atoms. The van der Waals surface area contributed by atoms with E-state index in [1.165, 1.54) is 18.2 Å². The van der Waals surface area contributed by atoms with Crippen LogP contribution in [0.2, 0.25) is 0 Å². The standard InChI is InChI=1S/C12H11F4N5/c1-6-2-3-7(4-8(6)13)18-9-5-10(21-17)20-11(19-9)12(14,15)16/h2-5H,17H2,1H3,(H2,18,19,20,21). The highest BCUT2D eigenvalue weighted by molar-refractivity contribution is 5.59. The molecule has 4 N–H and O–H groups in total.